The van der Waals surface area contributed by atoms with Gasteiger partial charge in [-0.1, -0.05) is 6.92 Å². The quantitative estimate of drug-likeness (QED) is 0.368. The first-order valence-electron chi connectivity index (χ1n) is 6.20. The number of hydrogen-bond acceptors (Lipinski definition) is 5. The summed E-state index contributed by atoms with van der Waals surface area (Å²) in [4.78, 5) is 11.7. The average Bonchev–Trinajstić information content (AvgIpc) is 2.39. The Balaban J connectivity index is 4.03. The van der Waals surface area contributed by atoms with E-state index >= 15 is 0 Å². The molecule has 6 heteroatoms. The summed E-state index contributed by atoms with van der Waals surface area (Å²) in [6.07, 6.45) is 1.44. The van der Waals surface area contributed by atoms with Crippen molar-refractivity contribution < 1.29 is 22.8 Å². The third-order valence-corrected chi connectivity index (χ3v) is 6.06. The smallest absolute Gasteiger partial charge is 0.465 e. The third-order valence-electron chi connectivity index (χ3n) is 3.23. The molecule has 0 atom stereocenters. The first kappa shape index (κ1) is 17.6. The maximum absolute atomic E-state index is 11.7. The minimum atomic E-state index is -2.53. The van der Waals surface area contributed by atoms with E-state index in [1.807, 2.05) is 20.8 Å². The van der Waals surface area contributed by atoms with Gasteiger partial charge < -0.3 is 18.0 Å². The van der Waals surface area contributed by atoms with E-state index < -0.39 is 14.2 Å². The molecule has 0 saturated carbocycles. The predicted octanol–water partition coefficient (Wildman–Crippen LogP) is 2.23. The predicted molar refractivity (Wildman–Crippen MR) is 71.2 cm³/mol. The lowest BCUT2D eigenvalue weighted by Gasteiger charge is -2.24. The molecular weight excluding hydrogens is 252 g/mol. The van der Waals surface area contributed by atoms with Crippen molar-refractivity contribution in [3.05, 3.63) is 0 Å². The third kappa shape index (κ3) is 5.05. The van der Waals surface area contributed by atoms with E-state index in [1.54, 1.807) is 21.3 Å². The Morgan fingerprint density at radius 2 is 1.61 bits per heavy atom. The fraction of sp³-hybridized carbons (Fsp3) is 0.917. The van der Waals surface area contributed by atoms with Crippen LogP contribution in [0, 0.1) is 5.41 Å². The van der Waals surface area contributed by atoms with Crippen molar-refractivity contribution in [3.63, 3.8) is 0 Å². The molecule has 0 unspecified atom stereocenters. The van der Waals surface area contributed by atoms with Gasteiger partial charge in [-0.15, -0.1) is 0 Å². The Labute approximate surface area is 111 Å². The van der Waals surface area contributed by atoms with Crippen LogP contribution in [0.25, 0.3) is 0 Å². The number of ether oxygens (including phenoxy) is 1. The molecule has 0 heterocycles. The molecule has 18 heavy (non-hydrogen) atoms. The van der Waals surface area contributed by atoms with Crippen molar-refractivity contribution in [2.24, 2.45) is 5.41 Å². The molecule has 0 spiro atoms. The van der Waals surface area contributed by atoms with Crippen molar-refractivity contribution in [3.8, 4) is 0 Å². The summed E-state index contributed by atoms with van der Waals surface area (Å²) in [6, 6.07) is 0.635. The van der Waals surface area contributed by atoms with Gasteiger partial charge >= 0.3 is 14.8 Å². The van der Waals surface area contributed by atoms with E-state index in [0.29, 0.717) is 19.1 Å². The zero-order valence-corrected chi connectivity index (χ0v) is 13.4. The average molecular weight is 278 g/mol. The lowest BCUT2D eigenvalue weighted by molar-refractivity contribution is -0.154. The second-order valence-corrected chi connectivity index (χ2v) is 7.86. The summed E-state index contributed by atoms with van der Waals surface area (Å²) in [5.74, 6) is -0.162. The van der Waals surface area contributed by atoms with Crippen LogP contribution in [0.1, 0.15) is 33.6 Å². The molecule has 5 nitrogen and oxygen atoms in total. The number of esters is 1. The van der Waals surface area contributed by atoms with E-state index in [4.69, 9.17) is 18.0 Å². The van der Waals surface area contributed by atoms with Crippen LogP contribution in [-0.2, 0) is 22.8 Å². The summed E-state index contributed by atoms with van der Waals surface area (Å²) >= 11 is 0. The molecule has 0 N–H and O–H groups in total. The van der Waals surface area contributed by atoms with E-state index in [2.05, 4.69) is 0 Å². The van der Waals surface area contributed by atoms with Crippen LogP contribution >= 0.6 is 0 Å². The summed E-state index contributed by atoms with van der Waals surface area (Å²) in [5, 5.41) is 0. The van der Waals surface area contributed by atoms with E-state index in [1.165, 1.54) is 0 Å². The molecule has 0 saturated heterocycles. The first-order valence-corrected chi connectivity index (χ1v) is 8.13. The van der Waals surface area contributed by atoms with Gasteiger partial charge in [0.25, 0.3) is 0 Å². The second-order valence-electron chi connectivity index (χ2n) is 4.77. The molecule has 0 aliphatic rings. The highest BCUT2D eigenvalue weighted by atomic mass is 28.4. The minimum Gasteiger partial charge on any atom is -0.465 e. The van der Waals surface area contributed by atoms with Gasteiger partial charge in [-0.2, -0.15) is 0 Å². The van der Waals surface area contributed by atoms with Gasteiger partial charge in [0.05, 0.1) is 12.0 Å². The van der Waals surface area contributed by atoms with Gasteiger partial charge in [-0.25, -0.2) is 0 Å². The van der Waals surface area contributed by atoms with Crippen LogP contribution in [0.15, 0.2) is 0 Å². The molecule has 0 aliphatic carbocycles. The molecule has 0 fully saturated rings. The molecule has 0 bridgehead atoms. The Hall–Kier alpha value is -0.433. The van der Waals surface area contributed by atoms with Crippen molar-refractivity contribution in [1.29, 1.82) is 0 Å². The van der Waals surface area contributed by atoms with Crippen LogP contribution in [0.5, 0.6) is 0 Å². The normalized spacial score (nSPS) is 12.6. The number of hydrogen-bond donors (Lipinski definition) is 0. The maximum atomic E-state index is 11.7. The van der Waals surface area contributed by atoms with E-state index in [0.717, 1.165) is 6.42 Å². The summed E-state index contributed by atoms with van der Waals surface area (Å²) in [5.41, 5.74) is -0.418. The zero-order chi connectivity index (χ0) is 14.2. The van der Waals surface area contributed by atoms with Crippen LogP contribution < -0.4 is 0 Å². The van der Waals surface area contributed by atoms with Gasteiger partial charge in [0, 0.05) is 27.4 Å². The summed E-state index contributed by atoms with van der Waals surface area (Å²) < 4.78 is 21.1. The van der Waals surface area contributed by atoms with Crippen molar-refractivity contribution in [2.75, 3.05) is 27.9 Å². The zero-order valence-electron chi connectivity index (χ0n) is 12.4. The lowest BCUT2D eigenvalue weighted by Crippen LogP contribution is -2.42. The van der Waals surface area contributed by atoms with Crippen molar-refractivity contribution >= 4 is 14.8 Å². The van der Waals surface area contributed by atoms with Gasteiger partial charge in [0.2, 0.25) is 0 Å². The first-order chi connectivity index (χ1) is 8.37. The Morgan fingerprint density at radius 3 is 2.00 bits per heavy atom. The van der Waals surface area contributed by atoms with Crippen LogP contribution in [0.2, 0.25) is 6.04 Å². The van der Waals surface area contributed by atoms with E-state index in [-0.39, 0.29) is 5.97 Å². The number of carbonyl (C=O) groups is 1. The fourth-order valence-corrected chi connectivity index (χ4v) is 3.04. The SMILES string of the molecule is CCC(C)(C)C(=O)OCCC[Si](OC)(OC)OC. The van der Waals surface area contributed by atoms with Crippen LogP contribution in [-0.4, -0.2) is 42.7 Å². The van der Waals surface area contributed by atoms with Crippen molar-refractivity contribution in [2.45, 2.75) is 39.7 Å². The molecule has 0 aromatic heterocycles. The second kappa shape index (κ2) is 7.88. The Bertz CT molecular complexity index is 243. The van der Waals surface area contributed by atoms with Gasteiger partial charge in [0.15, 0.2) is 0 Å². The molecular formula is C12H26O5Si. The highest BCUT2D eigenvalue weighted by Crippen LogP contribution is 2.22. The Morgan fingerprint density at radius 1 is 1.11 bits per heavy atom. The topological polar surface area (TPSA) is 54.0 Å². The number of rotatable bonds is 9. The van der Waals surface area contributed by atoms with Crippen molar-refractivity contribution in [1.82, 2.24) is 0 Å². The van der Waals surface area contributed by atoms with Gasteiger partial charge in [-0.05, 0) is 26.7 Å². The summed E-state index contributed by atoms with van der Waals surface area (Å²) in [6.45, 7) is 6.11. The fourth-order valence-electron chi connectivity index (χ4n) is 1.35. The Kier molecular flexibility index (Phi) is 7.69. The molecule has 0 aromatic carbocycles. The molecule has 0 aliphatic heterocycles. The molecule has 0 radical (unpaired) electrons. The highest BCUT2D eigenvalue weighted by molar-refractivity contribution is 6.60. The lowest BCUT2D eigenvalue weighted by atomic mass is 9.91. The summed E-state index contributed by atoms with van der Waals surface area (Å²) in [7, 11) is 2.19. The van der Waals surface area contributed by atoms with E-state index in [9.17, 15) is 4.79 Å². The minimum absolute atomic E-state index is 0.162. The van der Waals surface area contributed by atoms with Crippen LogP contribution in [0.3, 0.4) is 0 Å². The monoisotopic (exact) mass is 278 g/mol. The number of carbonyl (C=O) groups excluding carboxylic acids is 1. The molecule has 0 aromatic rings. The standard InChI is InChI=1S/C12H26O5Si/c1-7-12(2,3)11(13)17-9-8-10-18(14-4,15-5)16-6/h7-10H2,1-6H3. The van der Waals surface area contributed by atoms with Gasteiger partial charge in [-0.3, -0.25) is 4.79 Å². The van der Waals surface area contributed by atoms with Gasteiger partial charge in [0.1, 0.15) is 0 Å². The molecule has 108 valence electrons. The molecule has 0 rings (SSSR count). The highest BCUT2D eigenvalue weighted by Gasteiger charge is 2.37. The molecule has 0 amide bonds. The van der Waals surface area contributed by atoms with Crippen LogP contribution in [0.4, 0.5) is 0 Å². The maximum Gasteiger partial charge on any atom is 0.500 e. The largest absolute Gasteiger partial charge is 0.500 e.